The molecule has 4 nitrogen and oxygen atoms in total. The summed E-state index contributed by atoms with van der Waals surface area (Å²) in [6.07, 6.45) is 2.09. The number of aryl methyl sites for hydroxylation is 1. The fraction of sp³-hybridized carbons (Fsp3) is 0.615. The van der Waals surface area contributed by atoms with E-state index in [1.54, 1.807) is 13.0 Å². The number of hydrogen-bond acceptors (Lipinski definition) is 3. The average molecular weight is 270 g/mol. The third-order valence-corrected chi connectivity index (χ3v) is 3.34. The fourth-order valence-electron chi connectivity index (χ4n) is 2.04. The molecule has 0 aliphatic carbocycles. The summed E-state index contributed by atoms with van der Waals surface area (Å²) in [4.78, 5) is 19.9. The van der Waals surface area contributed by atoms with E-state index in [0.717, 1.165) is 12.8 Å². The summed E-state index contributed by atoms with van der Waals surface area (Å²) >= 11 is 5.75. The van der Waals surface area contributed by atoms with E-state index in [-0.39, 0.29) is 17.2 Å². The largest absolute Gasteiger partial charge is 0.348 e. The van der Waals surface area contributed by atoms with E-state index < -0.39 is 0 Å². The minimum absolute atomic E-state index is 0.107. The average Bonchev–Trinajstić information content (AvgIpc) is 2.29. The number of halogens is 1. The van der Waals surface area contributed by atoms with Gasteiger partial charge in [-0.1, -0.05) is 26.7 Å². The van der Waals surface area contributed by atoms with Gasteiger partial charge in [0.15, 0.2) is 0 Å². The lowest BCUT2D eigenvalue weighted by molar-refractivity contribution is 0.0920. The Balaban J connectivity index is 2.76. The Kier molecular flexibility index (Phi) is 5.54. The molecule has 1 rings (SSSR count). The van der Waals surface area contributed by atoms with Gasteiger partial charge in [0.2, 0.25) is 5.28 Å². The summed E-state index contributed by atoms with van der Waals surface area (Å²) in [5.41, 5.74) is 1.01. The quantitative estimate of drug-likeness (QED) is 0.836. The molecule has 1 aromatic heterocycles. The van der Waals surface area contributed by atoms with Gasteiger partial charge in [-0.15, -0.1) is 0 Å². The molecule has 1 amide bonds. The van der Waals surface area contributed by atoms with Crippen LogP contribution in [0.5, 0.6) is 0 Å². The first-order valence-electron chi connectivity index (χ1n) is 6.29. The monoisotopic (exact) mass is 269 g/mol. The lowest BCUT2D eigenvalue weighted by atomic mass is 9.95. The highest BCUT2D eigenvalue weighted by Gasteiger charge is 2.18. The molecule has 0 aromatic carbocycles. The molecule has 1 aromatic rings. The topological polar surface area (TPSA) is 54.9 Å². The Morgan fingerprint density at radius 2 is 2.00 bits per heavy atom. The van der Waals surface area contributed by atoms with Crippen molar-refractivity contribution in [2.45, 2.75) is 46.6 Å². The van der Waals surface area contributed by atoms with Crippen molar-refractivity contribution in [3.05, 3.63) is 22.7 Å². The van der Waals surface area contributed by atoms with Gasteiger partial charge in [-0.05, 0) is 37.4 Å². The van der Waals surface area contributed by atoms with Gasteiger partial charge in [0.25, 0.3) is 5.91 Å². The highest BCUT2D eigenvalue weighted by atomic mass is 35.5. The van der Waals surface area contributed by atoms with E-state index in [1.165, 1.54) is 0 Å². The van der Waals surface area contributed by atoms with Crippen molar-refractivity contribution in [1.82, 2.24) is 15.3 Å². The molecule has 1 N–H and O–H groups in total. The van der Waals surface area contributed by atoms with E-state index in [0.29, 0.717) is 17.3 Å². The van der Waals surface area contributed by atoms with Gasteiger partial charge < -0.3 is 5.32 Å². The smallest absolute Gasteiger partial charge is 0.270 e. The number of nitrogens with one attached hydrogen (secondary N) is 1. The predicted molar refractivity (Wildman–Crippen MR) is 72.8 cm³/mol. The molecule has 0 aliphatic heterocycles. The summed E-state index contributed by atoms with van der Waals surface area (Å²) in [5, 5.41) is 3.07. The molecule has 0 fully saturated rings. The van der Waals surface area contributed by atoms with Crippen LogP contribution in [0.4, 0.5) is 0 Å². The van der Waals surface area contributed by atoms with Crippen LogP contribution in [0.25, 0.3) is 0 Å². The molecule has 100 valence electrons. The summed E-state index contributed by atoms with van der Waals surface area (Å²) in [6, 6.07) is 1.77. The van der Waals surface area contributed by atoms with Crippen molar-refractivity contribution in [3.63, 3.8) is 0 Å². The summed E-state index contributed by atoms with van der Waals surface area (Å²) in [7, 11) is 0. The number of carbonyl (C=O) groups excluding carboxylic acids is 1. The van der Waals surface area contributed by atoms with Crippen molar-refractivity contribution in [2.24, 2.45) is 5.92 Å². The Labute approximate surface area is 113 Å². The zero-order valence-electron chi connectivity index (χ0n) is 11.3. The van der Waals surface area contributed by atoms with Crippen LogP contribution < -0.4 is 5.32 Å². The van der Waals surface area contributed by atoms with E-state index >= 15 is 0 Å². The zero-order chi connectivity index (χ0) is 13.7. The fourth-order valence-corrected chi connectivity index (χ4v) is 2.27. The second-order valence-corrected chi connectivity index (χ2v) is 4.84. The molecule has 0 aliphatic rings. The molecule has 18 heavy (non-hydrogen) atoms. The molecule has 0 saturated heterocycles. The molecule has 0 spiro atoms. The van der Waals surface area contributed by atoms with E-state index in [4.69, 9.17) is 11.6 Å². The normalized spacial score (nSPS) is 12.6. The summed E-state index contributed by atoms with van der Waals surface area (Å²) in [6.45, 7) is 8.06. The molecule has 1 heterocycles. The van der Waals surface area contributed by atoms with Crippen LogP contribution in [0.15, 0.2) is 6.07 Å². The van der Waals surface area contributed by atoms with Gasteiger partial charge in [-0.3, -0.25) is 4.79 Å². The van der Waals surface area contributed by atoms with Gasteiger partial charge in [0.05, 0.1) is 0 Å². The van der Waals surface area contributed by atoms with Crippen LogP contribution in [0.3, 0.4) is 0 Å². The third-order valence-electron chi connectivity index (χ3n) is 3.17. The first-order valence-corrected chi connectivity index (χ1v) is 6.67. The first kappa shape index (κ1) is 14.9. The lowest BCUT2D eigenvalue weighted by Gasteiger charge is -2.22. The molecule has 0 bridgehead atoms. The van der Waals surface area contributed by atoms with Gasteiger partial charge in [0.1, 0.15) is 5.69 Å². The number of hydrogen-bond donors (Lipinski definition) is 1. The molecule has 1 atom stereocenters. The van der Waals surface area contributed by atoms with E-state index in [1.807, 2.05) is 6.92 Å². The Morgan fingerprint density at radius 1 is 1.39 bits per heavy atom. The molecular weight excluding hydrogens is 250 g/mol. The third kappa shape index (κ3) is 3.95. The first-order chi connectivity index (χ1) is 8.47. The van der Waals surface area contributed by atoms with Crippen LogP contribution in [-0.2, 0) is 0 Å². The van der Waals surface area contributed by atoms with Crippen LogP contribution in [0.1, 0.15) is 49.8 Å². The van der Waals surface area contributed by atoms with Crippen LogP contribution >= 0.6 is 11.6 Å². The van der Waals surface area contributed by atoms with Gasteiger partial charge in [-0.25, -0.2) is 9.97 Å². The summed E-state index contributed by atoms with van der Waals surface area (Å²) in [5.74, 6) is 0.286. The lowest BCUT2D eigenvalue weighted by Crippen LogP contribution is -2.38. The minimum Gasteiger partial charge on any atom is -0.348 e. The standard InChI is InChI=1S/C13H20ClN3O/c1-5-10(6-2)9(4)16-12(18)11-7-8(3)15-13(14)17-11/h7,9-10H,5-6H2,1-4H3,(H,16,18). The molecule has 1 unspecified atom stereocenters. The number of rotatable bonds is 5. The Hall–Kier alpha value is -1.16. The SMILES string of the molecule is CCC(CC)C(C)NC(=O)c1cc(C)nc(Cl)n1. The number of aromatic nitrogens is 2. The molecule has 0 saturated carbocycles. The van der Waals surface area contributed by atoms with Gasteiger partial charge in [-0.2, -0.15) is 0 Å². The van der Waals surface area contributed by atoms with E-state index in [2.05, 4.69) is 29.1 Å². The van der Waals surface area contributed by atoms with Crippen molar-refractivity contribution in [1.29, 1.82) is 0 Å². The Morgan fingerprint density at radius 3 is 2.50 bits per heavy atom. The molecule has 5 heteroatoms. The van der Waals surface area contributed by atoms with Crippen molar-refractivity contribution in [2.75, 3.05) is 0 Å². The van der Waals surface area contributed by atoms with Gasteiger partial charge in [0, 0.05) is 11.7 Å². The van der Waals surface area contributed by atoms with Crippen LogP contribution in [0.2, 0.25) is 5.28 Å². The van der Waals surface area contributed by atoms with Crippen molar-refractivity contribution >= 4 is 17.5 Å². The number of amides is 1. The van der Waals surface area contributed by atoms with Gasteiger partial charge >= 0.3 is 0 Å². The second kappa shape index (κ2) is 6.69. The van der Waals surface area contributed by atoms with Crippen molar-refractivity contribution < 1.29 is 4.79 Å². The zero-order valence-corrected chi connectivity index (χ0v) is 12.1. The maximum Gasteiger partial charge on any atom is 0.270 e. The van der Waals surface area contributed by atoms with Crippen molar-refractivity contribution in [3.8, 4) is 0 Å². The highest BCUT2D eigenvalue weighted by Crippen LogP contribution is 2.13. The maximum atomic E-state index is 12.0. The minimum atomic E-state index is -0.193. The van der Waals surface area contributed by atoms with Crippen LogP contribution in [0, 0.1) is 12.8 Å². The molecule has 0 radical (unpaired) electrons. The van der Waals surface area contributed by atoms with E-state index in [9.17, 15) is 4.79 Å². The number of carbonyl (C=O) groups is 1. The summed E-state index contributed by atoms with van der Waals surface area (Å²) < 4.78 is 0. The van der Waals surface area contributed by atoms with Crippen LogP contribution in [-0.4, -0.2) is 21.9 Å². The maximum absolute atomic E-state index is 12.0. The Bertz CT molecular complexity index is 398. The number of nitrogens with zero attached hydrogens (tertiary/aromatic N) is 2. The highest BCUT2D eigenvalue weighted by molar-refractivity contribution is 6.28. The molecular formula is C13H20ClN3O. The second-order valence-electron chi connectivity index (χ2n) is 4.50. The predicted octanol–water partition coefficient (Wildman–Crippen LogP) is 2.99.